The van der Waals surface area contributed by atoms with Crippen LogP contribution in [-0.4, -0.2) is 23.5 Å². The Morgan fingerprint density at radius 3 is 2.89 bits per heavy atom. The van der Waals surface area contributed by atoms with Crippen molar-refractivity contribution in [1.82, 2.24) is 4.98 Å². The monoisotopic (exact) mass is 277 g/mol. The van der Waals surface area contributed by atoms with Gasteiger partial charge in [-0.25, -0.2) is 4.98 Å². The van der Waals surface area contributed by atoms with Crippen molar-refractivity contribution in [3.05, 3.63) is 50.5 Å². The number of nitro groups is 1. The number of aryl methyl sites for hydroxylation is 1. The minimum atomic E-state index is -0.331. The molecule has 100 valence electrons. The van der Waals surface area contributed by atoms with Crippen molar-refractivity contribution in [2.75, 3.05) is 18.5 Å². The van der Waals surface area contributed by atoms with Crippen LogP contribution in [0.3, 0.4) is 0 Å². The molecule has 1 aromatic carbocycles. The standard InChI is InChI=1S/C13H15N3O2S/c1-10-4-3-5-11(16(17)18)13(10)15(2)8-6-12-14-7-9-19-12/h3-5,7,9H,6,8H2,1-2H3. The van der Waals surface area contributed by atoms with Crippen LogP contribution in [0.1, 0.15) is 10.6 Å². The molecule has 0 saturated heterocycles. The molecular weight excluding hydrogens is 262 g/mol. The zero-order valence-corrected chi connectivity index (χ0v) is 11.7. The average molecular weight is 277 g/mol. The van der Waals surface area contributed by atoms with Crippen molar-refractivity contribution < 1.29 is 4.92 Å². The van der Waals surface area contributed by atoms with Crippen molar-refractivity contribution in [2.45, 2.75) is 13.3 Å². The number of nitro benzene ring substituents is 1. The highest BCUT2D eigenvalue weighted by molar-refractivity contribution is 7.09. The molecule has 6 heteroatoms. The Kier molecular flexibility index (Phi) is 4.11. The number of anilines is 1. The van der Waals surface area contributed by atoms with Crippen molar-refractivity contribution in [3.8, 4) is 0 Å². The zero-order valence-electron chi connectivity index (χ0n) is 10.9. The lowest BCUT2D eigenvalue weighted by Crippen LogP contribution is -2.22. The molecule has 0 atom stereocenters. The van der Waals surface area contributed by atoms with Gasteiger partial charge in [0.15, 0.2) is 0 Å². The van der Waals surface area contributed by atoms with Crippen LogP contribution in [0.5, 0.6) is 0 Å². The lowest BCUT2D eigenvalue weighted by molar-refractivity contribution is -0.384. The van der Waals surface area contributed by atoms with Gasteiger partial charge in [0, 0.05) is 37.7 Å². The summed E-state index contributed by atoms with van der Waals surface area (Å²) >= 11 is 1.60. The second-order valence-electron chi connectivity index (χ2n) is 4.30. The summed E-state index contributed by atoms with van der Waals surface area (Å²) in [5.41, 5.74) is 1.75. The quantitative estimate of drug-likeness (QED) is 0.622. The number of thiazole rings is 1. The van der Waals surface area contributed by atoms with Crippen LogP contribution in [0.4, 0.5) is 11.4 Å². The lowest BCUT2D eigenvalue weighted by atomic mass is 10.1. The fourth-order valence-electron chi connectivity index (χ4n) is 2.04. The second-order valence-corrected chi connectivity index (χ2v) is 5.28. The summed E-state index contributed by atoms with van der Waals surface area (Å²) in [7, 11) is 1.88. The van der Waals surface area contributed by atoms with Gasteiger partial charge in [0.25, 0.3) is 5.69 Å². The first-order chi connectivity index (χ1) is 9.09. The Morgan fingerprint density at radius 1 is 1.47 bits per heavy atom. The van der Waals surface area contributed by atoms with E-state index in [-0.39, 0.29) is 10.6 Å². The molecule has 5 nitrogen and oxygen atoms in total. The largest absolute Gasteiger partial charge is 0.368 e. The summed E-state index contributed by atoms with van der Waals surface area (Å²) in [6.45, 7) is 2.60. The van der Waals surface area contributed by atoms with Crippen LogP contribution in [0, 0.1) is 17.0 Å². The summed E-state index contributed by atoms with van der Waals surface area (Å²) < 4.78 is 0. The molecule has 19 heavy (non-hydrogen) atoms. The Labute approximate surface area is 115 Å². The molecule has 0 radical (unpaired) electrons. The van der Waals surface area contributed by atoms with Gasteiger partial charge in [-0.3, -0.25) is 10.1 Å². The lowest BCUT2D eigenvalue weighted by Gasteiger charge is -2.20. The van der Waals surface area contributed by atoms with Crippen molar-refractivity contribution in [2.24, 2.45) is 0 Å². The van der Waals surface area contributed by atoms with Gasteiger partial charge in [-0.1, -0.05) is 12.1 Å². The third-order valence-corrected chi connectivity index (χ3v) is 3.78. The first-order valence-corrected chi connectivity index (χ1v) is 6.81. The number of aromatic nitrogens is 1. The summed E-state index contributed by atoms with van der Waals surface area (Å²) in [5, 5.41) is 14.1. The Balaban J connectivity index is 2.18. The highest BCUT2D eigenvalue weighted by atomic mass is 32.1. The number of hydrogen-bond donors (Lipinski definition) is 0. The number of para-hydroxylation sites is 1. The number of hydrogen-bond acceptors (Lipinski definition) is 5. The van der Waals surface area contributed by atoms with E-state index in [2.05, 4.69) is 4.98 Å². The fraction of sp³-hybridized carbons (Fsp3) is 0.308. The number of likely N-dealkylation sites (N-methyl/N-ethyl adjacent to an activating group) is 1. The van der Waals surface area contributed by atoms with Gasteiger partial charge in [0.1, 0.15) is 5.69 Å². The van der Waals surface area contributed by atoms with E-state index in [1.54, 1.807) is 29.7 Å². The van der Waals surface area contributed by atoms with Crippen LogP contribution in [0.2, 0.25) is 0 Å². The summed E-state index contributed by atoms with van der Waals surface area (Å²) in [6.07, 6.45) is 2.57. The number of rotatable bonds is 5. The molecule has 1 heterocycles. The maximum absolute atomic E-state index is 11.1. The van der Waals surface area contributed by atoms with Crippen LogP contribution >= 0.6 is 11.3 Å². The first-order valence-electron chi connectivity index (χ1n) is 5.93. The molecule has 0 aliphatic carbocycles. The van der Waals surface area contributed by atoms with Gasteiger partial charge < -0.3 is 4.90 Å². The molecule has 2 rings (SSSR count). The maximum atomic E-state index is 11.1. The van der Waals surface area contributed by atoms with E-state index in [1.807, 2.05) is 30.3 Å². The van der Waals surface area contributed by atoms with Crippen molar-refractivity contribution in [1.29, 1.82) is 0 Å². The predicted molar refractivity (Wildman–Crippen MR) is 76.9 cm³/mol. The molecule has 0 bridgehead atoms. The third-order valence-electron chi connectivity index (χ3n) is 2.94. The van der Waals surface area contributed by atoms with Crippen molar-refractivity contribution >= 4 is 22.7 Å². The number of benzene rings is 1. The summed E-state index contributed by atoms with van der Waals surface area (Å²) in [6, 6.07) is 5.15. The first kappa shape index (κ1) is 13.5. The molecule has 0 aliphatic heterocycles. The van der Waals surface area contributed by atoms with E-state index in [0.717, 1.165) is 17.0 Å². The van der Waals surface area contributed by atoms with Gasteiger partial charge >= 0.3 is 0 Å². The van der Waals surface area contributed by atoms with Crippen LogP contribution < -0.4 is 4.90 Å². The van der Waals surface area contributed by atoms with E-state index in [4.69, 9.17) is 0 Å². The predicted octanol–water partition coefficient (Wildman–Crippen LogP) is 3.04. The maximum Gasteiger partial charge on any atom is 0.292 e. The minimum absolute atomic E-state index is 0.154. The van der Waals surface area contributed by atoms with Crippen LogP contribution in [-0.2, 0) is 6.42 Å². The molecule has 0 aliphatic rings. The minimum Gasteiger partial charge on any atom is -0.368 e. The topological polar surface area (TPSA) is 59.3 Å². The van der Waals surface area contributed by atoms with Crippen LogP contribution in [0.15, 0.2) is 29.8 Å². The molecule has 0 saturated carbocycles. The van der Waals surface area contributed by atoms with E-state index in [9.17, 15) is 10.1 Å². The zero-order chi connectivity index (χ0) is 13.8. The van der Waals surface area contributed by atoms with E-state index in [1.165, 1.54) is 0 Å². The highest BCUT2D eigenvalue weighted by Gasteiger charge is 2.18. The van der Waals surface area contributed by atoms with Gasteiger partial charge in [-0.05, 0) is 12.5 Å². The average Bonchev–Trinajstić information content (AvgIpc) is 2.88. The van der Waals surface area contributed by atoms with Crippen LogP contribution in [0.25, 0.3) is 0 Å². The SMILES string of the molecule is Cc1cccc([N+](=O)[O-])c1N(C)CCc1nccs1. The van der Waals surface area contributed by atoms with Gasteiger partial charge in [-0.15, -0.1) is 11.3 Å². The summed E-state index contributed by atoms with van der Waals surface area (Å²) in [4.78, 5) is 16.9. The summed E-state index contributed by atoms with van der Waals surface area (Å²) in [5.74, 6) is 0. The normalized spacial score (nSPS) is 10.4. The smallest absolute Gasteiger partial charge is 0.292 e. The molecule has 0 amide bonds. The molecule has 0 N–H and O–H groups in total. The molecule has 2 aromatic rings. The van der Waals surface area contributed by atoms with Crippen molar-refractivity contribution in [3.63, 3.8) is 0 Å². The van der Waals surface area contributed by atoms with Gasteiger partial charge in [0.05, 0.1) is 9.93 Å². The molecular formula is C13H15N3O2S. The third kappa shape index (κ3) is 3.08. The fourth-order valence-corrected chi connectivity index (χ4v) is 2.65. The highest BCUT2D eigenvalue weighted by Crippen LogP contribution is 2.30. The van der Waals surface area contributed by atoms with Gasteiger partial charge in [-0.2, -0.15) is 0 Å². The Hall–Kier alpha value is -1.95. The Morgan fingerprint density at radius 2 is 2.26 bits per heavy atom. The van der Waals surface area contributed by atoms with E-state index in [0.29, 0.717) is 12.2 Å². The van der Waals surface area contributed by atoms with Gasteiger partial charge in [0.2, 0.25) is 0 Å². The van der Waals surface area contributed by atoms with E-state index < -0.39 is 0 Å². The number of nitrogens with zero attached hydrogens (tertiary/aromatic N) is 3. The van der Waals surface area contributed by atoms with E-state index >= 15 is 0 Å². The molecule has 0 fully saturated rings. The molecule has 1 aromatic heterocycles. The second kappa shape index (κ2) is 5.79. The Bertz CT molecular complexity index is 569. The molecule has 0 spiro atoms. The molecule has 0 unspecified atom stereocenters.